The summed E-state index contributed by atoms with van der Waals surface area (Å²) in [6, 6.07) is 22.9. The van der Waals surface area contributed by atoms with Crippen LogP contribution in [0.1, 0.15) is 16.7 Å². The van der Waals surface area contributed by atoms with Crippen LogP contribution >= 0.6 is 0 Å². The Hall–Kier alpha value is -3.22. The summed E-state index contributed by atoms with van der Waals surface area (Å²) in [6.07, 6.45) is 3.27. The maximum atomic E-state index is 13.0. The summed E-state index contributed by atoms with van der Waals surface area (Å²) >= 11 is 0. The smallest absolute Gasteiger partial charge is 0.247 e. The number of fused-ring (bicyclic) bond motifs is 3. The highest BCUT2D eigenvalue weighted by Gasteiger charge is 2.21. The lowest BCUT2D eigenvalue weighted by molar-refractivity contribution is -0.127. The summed E-state index contributed by atoms with van der Waals surface area (Å²) in [7, 11) is -0.470. The minimum Gasteiger partial charge on any atom is -0.330 e. The van der Waals surface area contributed by atoms with Crippen LogP contribution in [0.15, 0.2) is 83.8 Å². The number of amides is 1. The van der Waals surface area contributed by atoms with Crippen molar-refractivity contribution < 1.29 is 13.2 Å². The zero-order chi connectivity index (χ0) is 22.0. The third kappa shape index (κ3) is 4.31. The van der Waals surface area contributed by atoms with Gasteiger partial charge in [0.25, 0.3) is 0 Å². The second-order valence-electron chi connectivity index (χ2n) is 7.70. The first kappa shape index (κ1) is 21.0. The molecule has 0 bridgehead atoms. The van der Waals surface area contributed by atoms with Crippen molar-refractivity contribution in [2.45, 2.75) is 18.0 Å². The molecule has 0 saturated carbocycles. The monoisotopic (exact) mass is 432 g/mol. The Morgan fingerprint density at radius 3 is 1.87 bits per heavy atom. The number of carbonyl (C=O) groups excluding carboxylic acids is 1. The maximum absolute atomic E-state index is 13.0. The van der Waals surface area contributed by atoms with E-state index in [4.69, 9.17) is 0 Å². The number of hydrogen-bond donors (Lipinski definition) is 0. The molecule has 0 aliphatic carbocycles. The normalized spacial score (nSPS) is 13.7. The Morgan fingerprint density at radius 2 is 1.35 bits per heavy atom. The molecule has 0 unspecified atom stereocenters. The van der Waals surface area contributed by atoms with E-state index in [0.717, 1.165) is 27.8 Å². The van der Waals surface area contributed by atoms with Crippen LogP contribution in [0.2, 0.25) is 0 Å². The zero-order valence-electron chi connectivity index (χ0n) is 17.5. The second-order valence-corrected chi connectivity index (χ2v) is 9.85. The van der Waals surface area contributed by atoms with Crippen LogP contribution in [0.5, 0.6) is 0 Å². The van der Waals surface area contributed by atoms with Crippen LogP contribution < -0.4 is 0 Å². The summed E-state index contributed by atoms with van der Waals surface area (Å²) in [6.45, 7) is 1.07. The molecule has 3 aromatic carbocycles. The van der Waals surface area contributed by atoms with Crippen LogP contribution in [0.3, 0.4) is 0 Å². The quantitative estimate of drug-likeness (QED) is 0.582. The van der Waals surface area contributed by atoms with Crippen molar-refractivity contribution in [3.05, 3.63) is 95.6 Å². The molecule has 5 nitrogen and oxygen atoms in total. The van der Waals surface area contributed by atoms with E-state index >= 15 is 0 Å². The molecule has 0 saturated heterocycles. The first-order valence-electron chi connectivity index (χ1n) is 10.0. The number of carbonyl (C=O) groups is 1. The summed E-state index contributed by atoms with van der Waals surface area (Å²) in [5, 5.41) is 0. The first-order chi connectivity index (χ1) is 14.9. The van der Waals surface area contributed by atoms with Crippen LogP contribution in [0.4, 0.5) is 0 Å². The molecule has 158 valence electrons. The van der Waals surface area contributed by atoms with Crippen molar-refractivity contribution in [2.24, 2.45) is 0 Å². The molecular formula is C25H24N2O3S. The van der Waals surface area contributed by atoms with Crippen LogP contribution in [0, 0.1) is 0 Å². The molecule has 0 atom stereocenters. The van der Waals surface area contributed by atoms with Gasteiger partial charge in [0.1, 0.15) is 0 Å². The molecule has 31 heavy (non-hydrogen) atoms. The van der Waals surface area contributed by atoms with Gasteiger partial charge >= 0.3 is 0 Å². The first-order valence-corrected chi connectivity index (χ1v) is 11.5. The summed E-state index contributed by atoms with van der Waals surface area (Å²) in [5.74, 6) is -0.0866. The highest BCUT2D eigenvalue weighted by atomic mass is 32.2. The van der Waals surface area contributed by atoms with E-state index in [1.54, 1.807) is 36.4 Å². The van der Waals surface area contributed by atoms with Gasteiger partial charge in [-0.05, 0) is 46.0 Å². The Morgan fingerprint density at radius 1 is 0.839 bits per heavy atom. The number of nitrogens with zero attached hydrogens (tertiary/aromatic N) is 2. The van der Waals surface area contributed by atoms with Crippen molar-refractivity contribution in [1.82, 2.24) is 9.21 Å². The molecule has 1 aliphatic rings. The van der Waals surface area contributed by atoms with E-state index in [9.17, 15) is 13.2 Å². The standard InChI is InChI=1S/C25H24N2O3S/c1-26(2)31(29,30)22-14-11-19(12-15-22)13-16-25(28)27-17-20-7-3-5-9-23(20)24-10-6-4-8-21(24)18-27/h3-16H,17-18H2,1-2H3/b16-13+. The maximum Gasteiger partial charge on any atom is 0.247 e. The van der Waals surface area contributed by atoms with Gasteiger partial charge in [0.05, 0.1) is 4.90 Å². The van der Waals surface area contributed by atoms with Gasteiger partial charge < -0.3 is 4.90 Å². The van der Waals surface area contributed by atoms with Crippen molar-refractivity contribution in [2.75, 3.05) is 14.1 Å². The summed E-state index contributed by atoms with van der Waals surface area (Å²) < 4.78 is 25.6. The SMILES string of the molecule is CN(C)S(=O)(=O)c1ccc(/C=C/C(=O)N2Cc3ccccc3-c3ccccc3C2)cc1. The van der Waals surface area contributed by atoms with Gasteiger partial charge in [0.15, 0.2) is 0 Å². The lowest BCUT2D eigenvalue weighted by Crippen LogP contribution is -2.27. The number of rotatable bonds is 4. The molecule has 0 radical (unpaired) electrons. The third-order valence-electron chi connectivity index (χ3n) is 5.44. The Labute approximate surface area is 183 Å². The van der Waals surface area contributed by atoms with Crippen molar-refractivity contribution in [3.63, 3.8) is 0 Å². The number of hydrogen-bond acceptors (Lipinski definition) is 3. The molecular weight excluding hydrogens is 408 g/mol. The van der Waals surface area contributed by atoms with Gasteiger partial charge in [0, 0.05) is 33.3 Å². The second kappa shape index (κ2) is 8.49. The fourth-order valence-electron chi connectivity index (χ4n) is 3.70. The van der Waals surface area contributed by atoms with E-state index < -0.39 is 10.0 Å². The summed E-state index contributed by atoms with van der Waals surface area (Å²) in [5.41, 5.74) is 5.33. The van der Waals surface area contributed by atoms with E-state index in [2.05, 4.69) is 24.3 Å². The van der Waals surface area contributed by atoms with Crippen LogP contribution in [0.25, 0.3) is 17.2 Å². The van der Waals surface area contributed by atoms with Gasteiger partial charge in [0.2, 0.25) is 15.9 Å². The topological polar surface area (TPSA) is 57.7 Å². The third-order valence-corrected chi connectivity index (χ3v) is 7.27. The molecule has 0 aromatic heterocycles. The predicted molar refractivity (Wildman–Crippen MR) is 122 cm³/mol. The van der Waals surface area contributed by atoms with E-state index in [0.29, 0.717) is 13.1 Å². The molecule has 0 N–H and O–H groups in total. The minimum absolute atomic E-state index is 0.0866. The van der Waals surface area contributed by atoms with Gasteiger partial charge in [-0.25, -0.2) is 12.7 Å². The summed E-state index contributed by atoms with van der Waals surface area (Å²) in [4.78, 5) is 15.0. The minimum atomic E-state index is -3.47. The van der Waals surface area contributed by atoms with Gasteiger partial charge in [-0.1, -0.05) is 60.7 Å². The van der Waals surface area contributed by atoms with Crippen molar-refractivity contribution in [1.29, 1.82) is 0 Å². The predicted octanol–water partition coefficient (Wildman–Crippen LogP) is 4.16. The fraction of sp³-hybridized carbons (Fsp3) is 0.160. The average Bonchev–Trinajstić information content (AvgIpc) is 2.94. The molecule has 3 aromatic rings. The molecule has 0 fully saturated rings. The highest BCUT2D eigenvalue weighted by molar-refractivity contribution is 7.89. The van der Waals surface area contributed by atoms with Crippen LogP contribution in [-0.4, -0.2) is 37.6 Å². The lowest BCUT2D eigenvalue weighted by atomic mass is 9.97. The Balaban J connectivity index is 1.56. The van der Waals surface area contributed by atoms with Crippen LogP contribution in [-0.2, 0) is 27.9 Å². The van der Waals surface area contributed by atoms with Gasteiger partial charge in [-0.3, -0.25) is 4.79 Å². The van der Waals surface area contributed by atoms with E-state index in [1.807, 2.05) is 29.2 Å². The molecule has 1 heterocycles. The Bertz CT molecular complexity index is 1200. The molecule has 4 rings (SSSR count). The largest absolute Gasteiger partial charge is 0.330 e. The number of sulfonamides is 1. The van der Waals surface area contributed by atoms with E-state index in [1.165, 1.54) is 18.4 Å². The van der Waals surface area contributed by atoms with Gasteiger partial charge in [-0.2, -0.15) is 0 Å². The molecule has 6 heteroatoms. The van der Waals surface area contributed by atoms with Crippen molar-refractivity contribution in [3.8, 4) is 11.1 Å². The van der Waals surface area contributed by atoms with Crippen molar-refractivity contribution >= 4 is 22.0 Å². The highest BCUT2D eigenvalue weighted by Crippen LogP contribution is 2.32. The lowest BCUT2D eigenvalue weighted by Gasteiger charge is -2.19. The number of benzene rings is 3. The average molecular weight is 433 g/mol. The molecule has 0 spiro atoms. The van der Waals surface area contributed by atoms with E-state index in [-0.39, 0.29) is 10.8 Å². The zero-order valence-corrected chi connectivity index (χ0v) is 18.3. The fourth-order valence-corrected chi connectivity index (χ4v) is 4.60. The molecule has 1 aliphatic heterocycles. The molecule has 1 amide bonds. The van der Waals surface area contributed by atoms with Gasteiger partial charge in [-0.15, -0.1) is 0 Å². The Kier molecular flexibility index (Phi) is 5.76.